The highest BCUT2D eigenvalue weighted by molar-refractivity contribution is 8.00. The molecule has 1 amide bonds. The van der Waals surface area contributed by atoms with E-state index in [-0.39, 0.29) is 11.2 Å². The Morgan fingerprint density at radius 1 is 1.24 bits per heavy atom. The summed E-state index contributed by atoms with van der Waals surface area (Å²) in [5.41, 5.74) is 0.821. The van der Waals surface area contributed by atoms with Crippen LogP contribution in [-0.2, 0) is 11.8 Å². The second-order valence-electron chi connectivity index (χ2n) is 5.29. The molecule has 0 aliphatic heterocycles. The van der Waals surface area contributed by atoms with Crippen LogP contribution in [0.2, 0.25) is 0 Å². The van der Waals surface area contributed by atoms with Crippen LogP contribution in [0.25, 0.3) is 11.6 Å². The monoisotopic (exact) mass is 374 g/mol. The van der Waals surface area contributed by atoms with Crippen LogP contribution < -0.4 is 5.32 Å². The number of nitrogens with one attached hydrogen (secondary N) is 1. The van der Waals surface area contributed by atoms with Crippen molar-refractivity contribution in [2.45, 2.75) is 22.2 Å². The highest BCUT2D eigenvalue weighted by Crippen LogP contribution is 2.28. The van der Waals surface area contributed by atoms with Gasteiger partial charge in [-0.15, -0.1) is 22.0 Å². The van der Waals surface area contributed by atoms with Gasteiger partial charge in [-0.1, -0.05) is 23.9 Å². The van der Waals surface area contributed by atoms with Gasteiger partial charge < -0.3 is 14.3 Å². The minimum absolute atomic E-state index is 0.0750. The van der Waals surface area contributed by atoms with Crippen LogP contribution in [0.4, 0.5) is 5.69 Å². The molecule has 6 nitrogen and oxygen atoms in total. The SMILES string of the molecule is CSc1ccccc1NC(=O)C(C)Sc1nnc(-c2ccco2)n1C. The molecule has 3 rings (SSSR count). The van der Waals surface area contributed by atoms with E-state index in [2.05, 4.69) is 15.5 Å². The Bertz CT molecular complexity index is 861. The van der Waals surface area contributed by atoms with Gasteiger partial charge in [-0.3, -0.25) is 4.79 Å². The molecule has 2 aromatic heterocycles. The first-order valence-corrected chi connectivity index (χ1v) is 9.74. The first-order chi connectivity index (χ1) is 12.1. The summed E-state index contributed by atoms with van der Waals surface area (Å²) in [7, 11) is 1.85. The number of thioether (sulfide) groups is 2. The highest BCUT2D eigenvalue weighted by atomic mass is 32.2. The number of hydrogen-bond acceptors (Lipinski definition) is 6. The zero-order valence-electron chi connectivity index (χ0n) is 14.1. The maximum absolute atomic E-state index is 12.5. The molecule has 8 heteroatoms. The van der Waals surface area contributed by atoms with Crippen molar-refractivity contribution in [1.82, 2.24) is 14.8 Å². The van der Waals surface area contributed by atoms with Crippen LogP contribution >= 0.6 is 23.5 Å². The molecule has 0 aliphatic rings. The van der Waals surface area contributed by atoms with Gasteiger partial charge in [0.1, 0.15) is 0 Å². The number of nitrogens with zero attached hydrogens (tertiary/aromatic N) is 3. The average Bonchev–Trinajstić information content (AvgIpc) is 3.26. The number of para-hydroxylation sites is 1. The van der Waals surface area contributed by atoms with Crippen LogP contribution in [0.1, 0.15) is 6.92 Å². The summed E-state index contributed by atoms with van der Waals surface area (Å²) in [5, 5.41) is 11.6. The smallest absolute Gasteiger partial charge is 0.237 e. The quantitative estimate of drug-likeness (QED) is 0.660. The molecule has 0 aliphatic carbocycles. The third-order valence-electron chi connectivity index (χ3n) is 3.59. The lowest BCUT2D eigenvalue weighted by atomic mass is 10.3. The molecule has 0 saturated heterocycles. The molecule has 25 heavy (non-hydrogen) atoms. The fourth-order valence-corrected chi connectivity index (χ4v) is 3.60. The molecule has 0 spiro atoms. The van der Waals surface area contributed by atoms with Gasteiger partial charge in [-0.2, -0.15) is 0 Å². The molecule has 2 heterocycles. The van der Waals surface area contributed by atoms with E-state index < -0.39 is 0 Å². The molecule has 3 aromatic rings. The Kier molecular flexibility index (Phi) is 5.50. The molecule has 0 radical (unpaired) electrons. The molecule has 1 N–H and O–H groups in total. The summed E-state index contributed by atoms with van der Waals surface area (Å²) in [6.07, 6.45) is 3.58. The van der Waals surface area contributed by atoms with Gasteiger partial charge in [-0.05, 0) is 37.4 Å². The van der Waals surface area contributed by atoms with Crippen molar-refractivity contribution in [3.63, 3.8) is 0 Å². The average molecular weight is 374 g/mol. The van der Waals surface area contributed by atoms with E-state index in [1.54, 1.807) is 24.1 Å². The summed E-state index contributed by atoms with van der Waals surface area (Å²) < 4.78 is 7.18. The molecule has 0 saturated carbocycles. The van der Waals surface area contributed by atoms with Gasteiger partial charge in [-0.25, -0.2) is 0 Å². The summed E-state index contributed by atoms with van der Waals surface area (Å²) in [4.78, 5) is 13.5. The number of anilines is 1. The molecule has 1 atom stereocenters. The third kappa shape index (κ3) is 3.91. The fraction of sp³-hybridized carbons (Fsp3) is 0.235. The highest BCUT2D eigenvalue weighted by Gasteiger charge is 2.20. The van der Waals surface area contributed by atoms with Gasteiger partial charge >= 0.3 is 0 Å². The van der Waals surface area contributed by atoms with Gasteiger partial charge in [0.25, 0.3) is 0 Å². The number of rotatable bonds is 6. The number of carbonyl (C=O) groups is 1. The van der Waals surface area contributed by atoms with Crippen molar-refractivity contribution in [2.75, 3.05) is 11.6 Å². The lowest BCUT2D eigenvalue weighted by molar-refractivity contribution is -0.115. The standard InChI is InChI=1S/C17H18N4O2S2/c1-11(16(22)18-12-7-4-5-9-14(12)24-3)25-17-20-19-15(21(17)2)13-8-6-10-23-13/h4-11H,1-3H3,(H,18,22). The first-order valence-electron chi connectivity index (χ1n) is 7.64. The van der Waals surface area contributed by atoms with Crippen molar-refractivity contribution >= 4 is 35.1 Å². The van der Waals surface area contributed by atoms with Crippen LogP contribution in [0, 0.1) is 0 Å². The maximum atomic E-state index is 12.5. The fourth-order valence-electron chi connectivity index (χ4n) is 2.23. The minimum Gasteiger partial charge on any atom is -0.461 e. The van der Waals surface area contributed by atoms with Gasteiger partial charge in [0.2, 0.25) is 5.91 Å². The molecular weight excluding hydrogens is 356 g/mol. The minimum atomic E-state index is -0.317. The van der Waals surface area contributed by atoms with Crippen molar-refractivity contribution in [2.24, 2.45) is 7.05 Å². The zero-order chi connectivity index (χ0) is 17.8. The lowest BCUT2D eigenvalue weighted by Gasteiger charge is -2.13. The number of aromatic nitrogens is 3. The Labute approximate surface area is 154 Å². The first kappa shape index (κ1) is 17.6. The Balaban J connectivity index is 1.70. The van der Waals surface area contributed by atoms with Crippen molar-refractivity contribution in [3.05, 3.63) is 42.7 Å². The molecule has 0 bridgehead atoms. The van der Waals surface area contributed by atoms with E-state index in [0.29, 0.717) is 16.7 Å². The largest absolute Gasteiger partial charge is 0.461 e. The molecule has 130 valence electrons. The number of amides is 1. The van der Waals surface area contributed by atoms with Crippen LogP contribution in [-0.4, -0.2) is 32.2 Å². The molecule has 1 aromatic carbocycles. The van der Waals surface area contributed by atoms with E-state index in [1.807, 2.05) is 55.1 Å². The van der Waals surface area contributed by atoms with E-state index in [9.17, 15) is 4.79 Å². The zero-order valence-corrected chi connectivity index (χ0v) is 15.7. The van der Waals surface area contributed by atoms with Gasteiger partial charge in [0.05, 0.1) is 17.2 Å². The van der Waals surface area contributed by atoms with Crippen molar-refractivity contribution < 1.29 is 9.21 Å². The summed E-state index contributed by atoms with van der Waals surface area (Å²) in [6.45, 7) is 1.85. The van der Waals surface area contributed by atoms with E-state index in [0.717, 1.165) is 10.6 Å². The van der Waals surface area contributed by atoms with E-state index >= 15 is 0 Å². The predicted molar refractivity (Wildman–Crippen MR) is 101 cm³/mol. The van der Waals surface area contributed by atoms with Crippen LogP contribution in [0.3, 0.4) is 0 Å². The van der Waals surface area contributed by atoms with Crippen LogP contribution in [0.15, 0.2) is 57.1 Å². The second-order valence-corrected chi connectivity index (χ2v) is 7.45. The Hall–Kier alpha value is -2.19. The summed E-state index contributed by atoms with van der Waals surface area (Å²) in [5.74, 6) is 1.20. The van der Waals surface area contributed by atoms with Gasteiger partial charge in [0, 0.05) is 11.9 Å². The lowest BCUT2D eigenvalue weighted by Crippen LogP contribution is -2.23. The predicted octanol–water partition coefficient (Wildman–Crippen LogP) is 3.92. The molecule has 1 unspecified atom stereocenters. The van der Waals surface area contributed by atoms with E-state index in [1.165, 1.54) is 11.8 Å². The normalized spacial score (nSPS) is 12.1. The topological polar surface area (TPSA) is 73.0 Å². The molecule has 0 fully saturated rings. The maximum Gasteiger partial charge on any atom is 0.237 e. The van der Waals surface area contributed by atoms with Crippen molar-refractivity contribution in [3.8, 4) is 11.6 Å². The van der Waals surface area contributed by atoms with E-state index in [4.69, 9.17) is 4.42 Å². The van der Waals surface area contributed by atoms with Crippen molar-refractivity contribution in [1.29, 1.82) is 0 Å². The Morgan fingerprint density at radius 3 is 2.76 bits per heavy atom. The second kappa shape index (κ2) is 7.79. The van der Waals surface area contributed by atoms with Crippen LogP contribution in [0.5, 0.6) is 0 Å². The number of carbonyl (C=O) groups excluding carboxylic acids is 1. The van der Waals surface area contributed by atoms with Gasteiger partial charge in [0.15, 0.2) is 16.7 Å². The number of benzene rings is 1. The third-order valence-corrected chi connectivity index (χ3v) is 5.52. The number of hydrogen-bond donors (Lipinski definition) is 1. The summed E-state index contributed by atoms with van der Waals surface area (Å²) >= 11 is 2.96. The number of furan rings is 1. The molecular formula is C17H18N4O2S2. The summed E-state index contributed by atoms with van der Waals surface area (Å²) in [6, 6.07) is 11.4. The Morgan fingerprint density at radius 2 is 2.04 bits per heavy atom.